The van der Waals surface area contributed by atoms with E-state index in [1.165, 1.54) is 30.5 Å². The van der Waals surface area contributed by atoms with E-state index in [0.717, 1.165) is 0 Å². The van der Waals surface area contributed by atoms with Crippen molar-refractivity contribution in [2.45, 2.75) is 12.3 Å². The molecule has 23 heavy (non-hydrogen) atoms. The summed E-state index contributed by atoms with van der Waals surface area (Å²) in [4.78, 5) is 3.75. The summed E-state index contributed by atoms with van der Waals surface area (Å²) in [5.74, 6) is 0.115. The molecular weight excluding hydrogens is 313 g/mol. The minimum Gasteiger partial charge on any atom is -0.486 e. The van der Waals surface area contributed by atoms with E-state index in [1.54, 1.807) is 6.07 Å². The van der Waals surface area contributed by atoms with Gasteiger partial charge in [-0.2, -0.15) is 13.2 Å². The second-order valence-corrected chi connectivity index (χ2v) is 4.84. The zero-order valence-electron chi connectivity index (χ0n) is 11.8. The Morgan fingerprint density at radius 2 is 1.91 bits per heavy atom. The monoisotopic (exact) mass is 326 g/mol. The number of para-hydroxylation sites is 1. The Balaban J connectivity index is 1.98. The van der Waals surface area contributed by atoms with Gasteiger partial charge in [-0.1, -0.05) is 12.1 Å². The second-order valence-electron chi connectivity index (χ2n) is 4.84. The van der Waals surface area contributed by atoms with E-state index in [0.29, 0.717) is 5.69 Å². The number of halogens is 3. The van der Waals surface area contributed by atoms with Crippen LogP contribution >= 0.6 is 0 Å². The van der Waals surface area contributed by atoms with Crippen LogP contribution in [0.4, 0.5) is 18.9 Å². The molecule has 5 nitrogen and oxygen atoms in total. The zero-order valence-corrected chi connectivity index (χ0v) is 11.8. The minimum atomic E-state index is -4.65. The Hall–Kier alpha value is -2.64. The maximum absolute atomic E-state index is 13.5. The SMILES string of the molecule is Nc1ccc(OC(c2cccc3c2OCCO3)C(F)(F)F)nc1. The third-order valence-electron chi connectivity index (χ3n) is 3.17. The number of aromatic nitrogens is 1. The third kappa shape index (κ3) is 3.25. The maximum Gasteiger partial charge on any atom is 0.429 e. The molecule has 1 aliphatic rings. The molecule has 0 saturated heterocycles. The average molecular weight is 326 g/mol. The lowest BCUT2D eigenvalue weighted by Crippen LogP contribution is -2.28. The summed E-state index contributed by atoms with van der Waals surface area (Å²) < 4.78 is 56.1. The number of nitrogens with zero attached hydrogens (tertiary/aromatic N) is 1. The van der Waals surface area contributed by atoms with Gasteiger partial charge in [0.25, 0.3) is 0 Å². The standard InChI is InChI=1S/C15H13F3N2O3/c16-15(17,18)14(23-12-5-4-9(19)8-20-12)10-2-1-3-11-13(10)22-7-6-21-11/h1-5,8,14H,6-7,19H2. The molecule has 2 N–H and O–H groups in total. The predicted octanol–water partition coefficient (Wildman–Crippen LogP) is 3.12. The molecule has 1 atom stereocenters. The molecule has 1 aromatic heterocycles. The van der Waals surface area contributed by atoms with Crippen LogP contribution in [0.15, 0.2) is 36.5 Å². The molecule has 0 radical (unpaired) electrons. The number of benzene rings is 1. The first-order valence-corrected chi connectivity index (χ1v) is 6.78. The number of anilines is 1. The molecule has 8 heteroatoms. The van der Waals surface area contributed by atoms with Crippen molar-refractivity contribution in [3.8, 4) is 17.4 Å². The topological polar surface area (TPSA) is 66.6 Å². The number of fused-ring (bicyclic) bond motifs is 1. The molecule has 1 aromatic carbocycles. The van der Waals surface area contributed by atoms with Crippen LogP contribution in [0, 0.1) is 0 Å². The van der Waals surface area contributed by atoms with Gasteiger partial charge in [-0.15, -0.1) is 0 Å². The van der Waals surface area contributed by atoms with Crippen LogP contribution in [-0.4, -0.2) is 24.4 Å². The molecule has 2 heterocycles. The minimum absolute atomic E-state index is 0.0384. The number of nitrogen functional groups attached to an aromatic ring is 1. The molecule has 0 fully saturated rings. The summed E-state index contributed by atoms with van der Waals surface area (Å²) in [6.45, 7) is 0.461. The second kappa shape index (κ2) is 5.86. The Morgan fingerprint density at radius 3 is 2.61 bits per heavy atom. The number of pyridine rings is 1. The van der Waals surface area contributed by atoms with Crippen LogP contribution in [-0.2, 0) is 0 Å². The van der Waals surface area contributed by atoms with Crippen molar-refractivity contribution in [2.75, 3.05) is 18.9 Å². The fourth-order valence-corrected chi connectivity index (χ4v) is 2.19. The van der Waals surface area contributed by atoms with Crippen molar-refractivity contribution < 1.29 is 27.4 Å². The van der Waals surface area contributed by atoms with Crippen molar-refractivity contribution in [3.63, 3.8) is 0 Å². The highest BCUT2D eigenvalue weighted by Gasteiger charge is 2.45. The number of ether oxygens (including phenoxy) is 3. The van der Waals surface area contributed by atoms with Gasteiger partial charge in [-0.3, -0.25) is 0 Å². The van der Waals surface area contributed by atoms with Crippen LogP contribution < -0.4 is 19.9 Å². The molecule has 0 aliphatic carbocycles. The molecular formula is C15H13F3N2O3. The van der Waals surface area contributed by atoms with Gasteiger partial charge in [-0.05, 0) is 12.1 Å². The van der Waals surface area contributed by atoms with E-state index >= 15 is 0 Å². The summed E-state index contributed by atoms with van der Waals surface area (Å²) in [6, 6.07) is 6.99. The lowest BCUT2D eigenvalue weighted by Gasteiger charge is -2.26. The van der Waals surface area contributed by atoms with Crippen molar-refractivity contribution >= 4 is 5.69 Å². The van der Waals surface area contributed by atoms with E-state index in [9.17, 15) is 13.2 Å². The number of hydrogen-bond donors (Lipinski definition) is 1. The highest BCUT2D eigenvalue weighted by Crippen LogP contribution is 2.44. The van der Waals surface area contributed by atoms with Gasteiger partial charge >= 0.3 is 6.18 Å². The molecule has 0 amide bonds. The van der Waals surface area contributed by atoms with Gasteiger partial charge in [0.1, 0.15) is 13.2 Å². The third-order valence-corrected chi connectivity index (χ3v) is 3.17. The van der Waals surface area contributed by atoms with Gasteiger partial charge in [0.2, 0.25) is 12.0 Å². The highest BCUT2D eigenvalue weighted by molar-refractivity contribution is 5.49. The van der Waals surface area contributed by atoms with Gasteiger partial charge < -0.3 is 19.9 Å². The number of rotatable bonds is 3. The van der Waals surface area contributed by atoms with E-state index < -0.39 is 12.3 Å². The van der Waals surface area contributed by atoms with Crippen molar-refractivity contribution in [1.29, 1.82) is 0 Å². The first-order chi connectivity index (χ1) is 10.9. The highest BCUT2D eigenvalue weighted by atomic mass is 19.4. The van der Waals surface area contributed by atoms with Crippen molar-refractivity contribution in [2.24, 2.45) is 0 Å². The van der Waals surface area contributed by atoms with Gasteiger partial charge in [0.05, 0.1) is 11.9 Å². The van der Waals surface area contributed by atoms with E-state index in [-0.39, 0.29) is 36.2 Å². The van der Waals surface area contributed by atoms with Crippen LogP contribution in [0.3, 0.4) is 0 Å². The molecule has 1 aliphatic heterocycles. The average Bonchev–Trinajstić information content (AvgIpc) is 2.53. The first kappa shape index (κ1) is 15.3. The van der Waals surface area contributed by atoms with Crippen LogP contribution in [0.2, 0.25) is 0 Å². The van der Waals surface area contributed by atoms with Crippen LogP contribution in [0.1, 0.15) is 11.7 Å². The van der Waals surface area contributed by atoms with Gasteiger partial charge in [-0.25, -0.2) is 4.98 Å². The Bertz CT molecular complexity index is 689. The number of hydrogen-bond acceptors (Lipinski definition) is 5. The van der Waals surface area contributed by atoms with E-state index in [1.807, 2.05) is 0 Å². The molecule has 0 saturated carbocycles. The molecule has 1 unspecified atom stereocenters. The van der Waals surface area contributed by atoms with Crippen LogP contribution in [0.25, 0.3) is 0 Å². The van der Waals surface area contributed by atoms with Crippen molar-refractivity contribution in [1.82, 2.24) is 4.98 Å². The summed E-state index contributed by atoms with van der Waals surface area (Å²) in [7, 11) is 0. The molecule has 3 rings (SSSR count). The zero-order chi connectivity index (χ0) is 16.4. The quantitative estimate of drug-likeness (QED) is 0.939. The van der Waals surface area contributed by atoms with Crippen LogP contribution in [0.5, 0.6) is 17.4 Å². The maximum atomic E-state index is 13.5. The normalized spacial score (nSPS) is 15.1. The fourth-order valence-electron chi connectivity index (χ4n) is 2.19. The summed E-state index contributed by atoms with van der Waals surface area (Å²) in [5, 5.41) is 0. The first-order valence-electron chi connectivity index (χ1n) is 6.78. The van der Waals surface area contributed by atoms with E-state index in [2.05, 4.69) is 4.98 Å². The Labute approximate surface area is 129 Å². The number of nitrogens with two attached hydrogens (primary N) is 1. The number of alkyl halides is 3. The lowest BCUT2D eigenvalue weighted by molar-refractivity contribution is -0.199. The fraction of sp³-hybridized carbons (Fsp3) is 0.267. The molecule has 2 aromatic rings. The predicted molar refractivity (Wildman–Crippen MR) is 75.5 cm³/mol. The largest absolute Gasteiger partial charge is 0.486 e. The molecule has 122 valence electrons. The Kier molecular flexibility index (Phi) is 3.89. The Morgan fingerprint density at radius 1 is 1.13 bits per heavy atom. The summed E-state index contributed by atoms with van der Waals surface area (Å²) >= 11 is 0. The lowest BCUT2D eigenvalue weighted by atomic mass is 10.1. The molecule has 0 spiro atoms. The summed E-state index contributed by atoms with van der Waals surface area (Å²) in [5.41, 5.74) is 5.64. The smallest absolute Gasteiger partial charge is 0.429 e. The van der Waals surface area contributed by atoms with E-state index in [4.69, 9.17) is 19.9 Å². The van der Waals surface area contributed by atoms with Crippen molar-refractivity contribution in [3.05, 3.63) is 42.1 Å². The van der Waals surface area contributed by atoms with Gasteiger partial charge in [0.15, 0.2) is 11.5 Å². The van der Waals surface area contributed by atoms with Gasteiger partial charge in [0, 0.05) is 11.6 Å². The molecule has 0 bridgehead atoms. The summed E-state index contributed by atoms with van der Waals surface area (Å²) in [6.07, 6.45) is -5.66.